The molecule has 0 unspecified atom stereocenters. The van der Waals surface area contributed by atoms with Crippen molar-refractivity contribution in [3.63, 3.8) is 0 Å². The molecular weight excluding hydrogens is 192 g/mol. The summed E-state index contributed by atoms with van der Waals surface area (Å²) in [6.07, 6.45) is -2.56. The molecular formula is C8H12O6. The Morgan fingerprint density at radius 3 is 2.79 bits per heavy atom. The predicted molar refractivity (Wildman–Crippen MR) is 44.3 cm³/mol. The first-order valence-electron chi connectivity index (χ1n) is 4.17. The average molecular weight is 204 g/mol. The molecule has 0 bridgehead atoms. The van der Waals surface area contributed by atoms with Crippen LogP contribution in [0.3, 0.4) is 0 Å². The molecule has 1 aliphatic rings. The van der Waals surface area contributed by atoms with Gasteiger partial charge >= 0.3 is 5.97 Å². The van der Waals surface area contributed by atoms with Crippen molar-refractivity contribution in [3.05, 3.63) is 11.5 Å². The van der Waals surface area contributed by atoms with Gasteiger partial charge in [0.1, 0.15) is 6.10 Å². The summed E-state index contributed by atoms with van der Waals surface area (Å²) < 4.78 is 9.41. The van der Waals surface area contributed by atoms with E-state index in [1.165, 1.54) is 0 Å². The summed E-state index contributed by atoms with van der Waals surface area (Å²) in [6.45, 7) is 1.24. The van der Waals surface area contributed by atoms with Crippen molar-refractivity contribution < 1.29 is 29.6 Å². The topological polar surface area (TPSA) is 96.2 Å². The zero-order chi connectivity index (χ0) is 10.7. The predicted octanol–water partition coefficient (Wildman–Crippen LogP) is -0.929. The first kappa shape index (κ1) is 10.8. The number of carbonyl (C=O) groups excluding carboxylic acids is 1. The van der Waals surface area contributed by atoms with Crippen LogP contribution in [0.1, 0.15) is 6.92 Å². The van der Waals surface area contributed by atoms with Crippen LogP contribution in [0, 0.1) is 0 Å². The van der Waals surface area contributed by atoms with Crippen LogP contribution in [0.5, 0.6) is 0 Å². The van der Waals surface area contributed by atoms with Gasteiger partial charge in [-0.2, -0.15) is 0 Å². The fourth-order valence-corrected chi connectivity index (χ4v) is 1.09. The molecule has 0 aromatic carbocycles. The Morgan fingerprint density at radius 1 is 1.64 bits per heavy atom. The van der Waals surface area contributed by atoms with E-state index in [4.69, 9.17) is 14.9 Å². The summed E-state index contributed by atoms with van der Waals surface area (Å²) in [5.74, 6) is -1.61. The van der Waals surface area contributed by atoms with Gasteiger partial charge in [0, 0.05) is 0 Å². The summed E-state index contributed by atoms with van der Waals surface area (Å²) >= 11 is 0. The van der Waals surface area contributed by atoms with Crippen LogP contribution in [0.4, 0.5) is 0 Å². The summed E-state index contributed by atoms with van der Waals surface area (Å²) in [6, 6.07) is 0. The molecule has 0 aliphatic carbocycles. The summed E-state index contributed by atoms with van der Waals surface area (Å²) in [5, 5.41) is 27.1. The van der Waals surface area contributed by atoms with Crippen molar-refractivity contribution >= 4 is 5.97 Å². The molecule has 0 saturated heterocycles. The third kappa shape index (κ3) is 1.80. The highest BCUT2D eigenvalue weighted by Gasteiger charge is 2.40. The van der Waals surface area contributed by atoms with E-state index in [0.29, 0.717) is 0 Å². The Bertz CT molecular complexity index is 259. The molecule has 6 heteroatoms. The Labute approximate surface area is 80.4 Å². The number of ether oxygens (including phenoxy) is 2. The van der Waals surface area contributed by atoms with Crippen molar-refractivity contribution in [1.82, 2.24) is 0 Å². The van der Waals surface area contributed by atoms with Crippen LogP contribution in [-0.2, 0) is 14.3 Å². The lowest BCUT2D eigenvalue weighted by atomic mass is 10.2. The zero-order valence-corrected chi connectivity index (χ0v) is 7.64. The molecule has 0 fully saturated rings. The Hall–Kier alpha value is -1.27. The maximum Gasteiger partial charge on any atom is 0.378 e. The van der Waals surface area contributed by atoms with Gasteiger partial charge in [-0.05, 0) is 6.92 Å². The highest BCUT2D eigenvalue weighted by Crippen LogP contribution is 2.23. The second-order valence-electron chi connectivity index (χ2n) is 2.72. The Balaban J connectivity index is 2.81. The third-order valence-corrected chi connectivity index (χ3v) is 1.75. The maximum absolute atomic E-state index is 11.0. The van der Waals surface area contributed by atoms with Gasteiger partial charge in [0.15, 0.2) is 11.9 Å². The summed E-state index contributed by atoms with van der Waals surface area (Å²) in [7, 11) is 0. The molecule has 6 nitrogen and oxygen atoms in total. The van der Waals surface area contributed by atoms with Gasteiger partial charge in [-0.1, -0.05) is 0 Å². The molecule has 1 heterocycles. The van der Waals surface area contributed by atoms with E-state index in [2.05, 4.69) is 4.74 Å². The number of hydrogen-bond acceptors (Lipinski definition) is 6. The number of aliphatic hydroxyl groups is 3. The van der Waals surface area contributed by atoms with Gasteiger partial charge < -0.3 is 24.8 Å². The van der Waals surface area contributed by atoms with E-state index in [-0.39, 0.29) is 12.4 Å². The van der Waals surface area contributed by atoms with E-state index < -0.39 is 30.5 Å². The lowest BCUT2D eigenvalue weighted by Crippen LogP contribution is -2.31. The van der Waals surface area contributed by atoms with Gasteiger partial charge in [-0.15, -0.1) is 0 Å². The van der Waals surface area contributed by atoms with Gasteiger partial charge in [0.05, 0.1) is 13.2 Å². The van der Waals surface area contributed by atoms with E-state index in [9.17, 15) is 9.90 Å². The van der Waals surface area contributed by atoms with E-state index in [0.717, 1.165) is 0 Å². The molecule has 0 spiro atoms. The molecule has 80 valence electrons. The fourth-order valence-electron chi connectivity index (χ4n) is 1.09. The molecule has 2 atom stereocenters. The Morgan fingerprint density at radius 2 is 2.29 bits per heavy atom. The Kier molecular flexibility index (Phi) is 3.32. The molecule has 0 amide bonds. The van der Waals surface area contributed by atoms with Crippen LogP contribution < -0.4 is 0 Å². The lowest BCUT2D eigenvalue weighted by molar-refractivity contribution is -0.148. The largest absolute Gasteiger partial charge is 0.505 e. The van der Waals surface area contributed by atoms with Crippen LogP contribution in [0.2, 0.25) is 0 Å². The third-order valence-electron chi connectivity index (χ3n) is 1.75. The minimum Gasteiger partial charge on any atom is -0.505 e. The second-order valence-corrected chi connectivity index (χ2v) is 2.72. The molecule has 0 saturated carbocycles. The highest BCUT2D eigenvalue weighted by molar-refractivity contribution is 5.89. The molecule has 0 radical (unpaired) electrons. The first-order valence-corrected chi connectivity index (χ1v) is 4.17. The molecule has 14 heavy (non-hydrogen) atoms. The van der Waals surface area contributed by atoms with Crippen LogP contribution in [0.25, 0.3) is 0 Å². The van der Waals surface area contributed by atoms with Crippen molar-refractivity contribution in [3.8, 4) is 0 Å². The average Bonchev–Trinajstić information content (AvgIpc) is 2.45. The molecule has 0 aromatic rings. The summed E-state index contributed by atoms with van der Waals surface area (Å²) in [4.78, 5) is 11.0. The van der Waals surface area contributed by atoms with Gasteiger partial charge in [-0.3, -0.25) is 0 Å². The van der Waals surface area contributed by atoms with Crippen molar-refractivity contribution in [2.24, 2.45) is 0 Å². The van der Waals surface area contributed by atoms with Crippen LogP contribution in [0.15, 0.2) is 11.5 Å². The number of hydrogen-bond donors (Lipinski definition) is 3. The minimum atomic E-state index is -1.34. The monoisotopic (exact) mass is 204 g/mol. The number of carbonyl (C=O) groups is 1. The second kappa shape index (κ2) is 4.30. The molecule has 1 rings (SSSR count). The maximum atomic E-state index is 11.0. The van der Waals surface area contributed by atoms with Crippen molar-refractivity contribution in [2.75, 3.05) is 13.2 Å². The molecule has 0 aromatic heterocycles. The zero-order valence-electron chi connectivity index (χ0n) is 7.64. The van der Waals surface area contributed by atoms with E-state index in [1.54, 1.807) is 6.92 Å². The quantitative estimate of drug-likeness (QED) is 0.512. The summed E-state index contributed by atoms with van der Waals surface area (Å²) in [5.41, 5.74) is 0. The van der Waals surface area contributed by atoms with Crippen molar-refractivity contribution in [2.45, 2.75) is 19.1 Å². The smallest absolute Gasteiger partial charge is 0.378 e. The normalized spacial score (nSPS) is 23.6. The van der Waals surface area contributed by atoms with Gasteiger partial charge in [-0.25, -0.2) is 4.79 Å². The van der Waals surface area contributed by atoms with Gasteiger partial charge in [0.25, 0.3) is 0 Å². The fraction of sp³-hybridized carbons (Fsp3) is 0.625. The minimum absolute atomic E-state index is 0.205. The number of cyclic esters (lactones) is 1. The number of aliphatic hydroxyl groups excluding tert-OH is 3. The number of rotatable bonds is 4. The van der Waals surface area contributed by atoms with Crippen molar-refractivity contribution in [1.29, 1.82) is 0 Å². The van der Waals surface area contributed by atoms with Crippen LogP contribution >= 0.6 is 0 Å². The molecule has 3 N–H and O–H groups in total. The van der Waals surface area contributed by atoms with Crippen LogP contribution in [-0.4, -0.2) is 46.7 Å². The molecule has 1 aliphatic heterocycles. The van der Waals surface area contributed by atoms with Gasteiger partial charge in [0.2, 0.25) is 5.76 Å². The lowest BCUT2D eigenvalue weighted by Gasteiger charge is -2.13. The SMILES string of the molecule is CCOC1=C(O)[C@H]([C@H](O)CO)OC1=O. The van der Waals surface area contributed by atoms with E-state index in [1.807, 2.05) is 0 Å². The highest BCUT2D eigenvalue weighted by atomic mass is 16.6. The standard InChI is InChI=1S/C8H12O6/c1-2-13-7-5(11)6(4(10)3-9)14-8(7)12/h4,6,9-11H,2-3H2,1H3/t4-,6+/m1/s1. The first-order chi connectivity index (χ1) is 6.61. The number of esters is 1. The van der Waals surface area contributed by atoms with E-state index >= 15 is 0 Å².